The lowest BCUT2D eigenvalue weighted by molar-refractivity contribution is -0.139. The van der Waals surface area contributed by atoms with Crippen LogP contribution in [-0.2, 0) is 22.4 Å². The van der Waals surface area contributed by atoms with Crippen molar-refractivity contribution < 1.29 is 14.4 Å². The predicted molar refractivity (Wildman–Crippen MR) is 143 cm³/mol. The van der Waals surface area contributed by atoms with Gasteiger partial charge in [-0.2, -0.15) is 0 Å². The summed E-state index contributed by atoms with van der Waals surface area (Å²) in [6, 6.07) is 26.3. The SMILES string of the molecule is O=C(S[C@H](Cc1ccccc1)C(=O)NC1Cc2ccccc2C2CCCCN2C1=O)c1ccccc1. The van der Waals surface area contributed by atoms with Crippen molar-refractivity contribution in [3.63, 3.8) is 0 Å². The molecule has 0 saturated carbocycles. The lowest BCUT2D eigenvalue weighted by Crippen LogP contribution is -2.52. The van der Waals surface area contributed by atoms with Crippen LogP contribution >= 0.6 is 11.8 Å². The van der Waals surface area contributed by atoms with Gasteiger partial charge in [-0.1, -0.05) is 96.7 Å². The van der Waals surface area contributed by atoms with Crippen molar-refractivity contribution in [3.8, 4) is 0 Å². The largest absolute Gasteiger partial charge is 0.343 e. The molecule has 1 N–H and O–H groups in total. The molecule has 2 amide bonds. The van der Waals surface area contributed by atoms with Gasteiger partial charge in [-0.15, -0.1) is 0 Å². The fourth-order valence-electron chi connectivity index (χ4n) is 5.24. The molecule has 184 valence electrons. The standard InChI is InChI=1S/C30H30N2O3S/c33-28(27(19-21-11-3-1-4-12-21)36-30(35)22-13-5-2-6-14-22)31-25-20-23-15-7-8-16-24(23)26-17-9-10-18-32(26)29(25)34/h1-8,11-16,25-27H,9-10,17-20H2,(H,31,33)/t25?,26?,27-/m1/s1. The van der Waals surface area contributed by atoms with Gasteiger partial charge in [-0.3, -0.25) is 14.4 Å². The first-order valence-electron chi connectivity index (χ1n) is 12.6. The fourth-order valence-corrected chi connectivity index (χ4v) is 6.22. The average molecular weight is 499 g/mol. The van der Waals surface area contributed by atoms with E-state index in [0.29, 0.717) is 24.9 Å². The predicted octanol–water partition coefficient (Wildman–Crippen LogP) is 4.97. The summed E-state index contributed by atoms with van der Waals surface area (Å²) in [5.74, 6) is -0.304. The maximum absolute atomic E-state index is 13.7. The Bertz CT molecular complexity index is 1230. The molecule has 0 aliphatic carbocycles. The zero-order chi connectivity index (χ0) is 24.9. The third-order valence-corrected chi connectivity index (χ3v) is 8.17. The summed E-state index contributed by atoms with van der Waals surface area (Å²) in [4.78, 5) is 42.3. The molecule has 1 fully saturated rings. The van der Waals surface area contributed by atoms with E-state index in [1.54, 1.807) is 12.1 Å². The van der Waals surface area contributed by atoms with Gasteiger partial charge < -0.3 is 10.2 Å². The monoisotopic (exact) mass is 498 g/mol. The summed E-state index contributed by atoms with van der Waals surface area (Å²) in [6.45, 7) is 0.707. The molecule has 3 aromatic rings. The molecule has 3 aromatic carbocycles. The molecule has 0 radical (unpaired) electrons. The number of rotatable bonds is 6. The molecule has 3 atom stereocenters. The van der Waals surface area contributed by atoms with Gasteiger partial charge >= 0.3 is 0 Å². The van der Waals surface area contributed by atoms with Crippen LogP contribution < -0.4 is 5.32 Å². The maximum atomic E-state index is 13.7. The number of hydrogen-bond acceptors (Lipinski definition) is 4. The van der Waals surface area contributed by atoms with Crippen molar-refractivity contribution in [2.24, 2.45) is 0 Å². The van der Waals surface area contributed by atoms with Crippen LogP contribution in [0.5, 0.6) is 0 Å². The second-order valence-electron chi connectivity index (χ2n) is 9.46. The first-order chi connectivity index (χ1) is 17.6. The van der Waals surface area contributed by atoms with E-state index in [-0.39, 0.29) is 23.0 Å². The van der Waals surface area contributed by atoms with E-state index in [9.17, 15) is 14.4 Å². The highest BCUT2D eigenvalue weighted by Gasteiger charge is 2.38. The summed E-state index contributed by atoms with van der Waals surface area (Å²) in [7, 11) is 0. The Morgan fingerprint density at radius 3 is 2.39 bits per heavy atom. The van der Waals surface area contributed by atoms with Gasteiger partial charge in [-0.25, -0.2) is 0 Å². The number of carbonyl (C=O) groups excluding carboxylic acids is 3. The molecule has 36 heavy (non-hydrogen) atoms. The molecule has 5 nitrogen and oxygen atoms in total. The van der Waals surface area contributed by atoms with Crippen LogP contribution in [0, 0.1) is 0 Å². The van der Waals surface area contributed by atoms with Crippen molar-refractivity contribution in [2.45, 2.75) is 49.4 Å². The molecule has 0 spiro atoms. The fraction of sp³-hybridized carbons (Fsp3) is 0.300. The molecule has 2 unspecified atom stereocenters. The highest BCUT2D eigenvalue weighted by molar-refractivity contribution is 8.15. The normalized spacial score (nSPS) is 20.0. The third-order valence-electron chi connectivity index (χ3n) is 7.05. The maximum Gasteiger partial charge on any atom is 0.246 e. The first kappa shape index (κ1) is 24.3. The Balaban J connectivity index is 1.39. The van der Waals surface area contributed by atoms with E-state index >= 15 is 0 Å². The number of nitrogens with zero attached hydrogens (tertiary/aromatic N) is 1. The quantitative estimate of drug-likeness (QED) is 0.521. The number of amides is 2. The molecule has 2 aliphatic rings. The van der Waals surface area contributed by atoms with E-state index in [4.69, 9.17) is 0 Å². The molecule has 0 aromatic heterocycles. The number of nitrogens with one attached hydrogen (secondary N) is 1. The lowest BCUT2D eigenvalue weighted by Gasteiger charge is -2.36. The van der Waals surface area contributed by atoms with Crippen molar-refractivity contribution in [1.82, 2.24) is 10.2 Å². The number of piperidine rings is 1. The highest BCUT2D eigenvalue weighted by Crippen LogP contribution is 2.36. The summed E-state index contributed by atoms with van der Waals surface area (Å²) in [5, 5.41) is 2.25. The Hall–Kier alpha value is -3.38. The van der Waals surface area contributed by atoms with Crippen LogP contribution in [0.2, 0.25) is 0 Å². The van der Waals surface area contributed by atoms with Gasteiger partial charge in [0.2, 0.25) is 16.9 Å². The van der Waals surface area contributed by atoms with Crippen LogP contribution in [-0.4, -0.2) is 39.7 Å². The van der Waals surface area contributed by atoms with E-state index in [1.807, 2.05) is 65.6 Å². The number of fused-ring (bicyclic) bond motifs is 3. The second kappa shape index (κ2) is 11.1. The first-order valence-corrected chi connectivity index (χ1v) is 13.5. The van der Waals surface area contributed by atoms with Gasteiger partial charge in [0.05, 0.1) is 11.3 Å². The third kappa shape index (κ3) is 5.39. The molecule has 0 bridgehead atoms. The lowest BCUT2D eigenvalue weighted by atomic mass is 9.92. The number of thioether (sulfide) groups is 1. The van der Waals surface area contributed by atoms with Crippen molar-refractivity contribution >= 4 is 28.7 Å². The molecule has 5 rings (SSSR count). The summed E-state index contributed by atoms with van der Waals surface area (Å²) >= 11 is 1.03. The smallest absolute Gasteiger partial charge is 0.246 e. The minimum absolute atomic E-state index is 0.0258. The molecule has 6 heteroatoms. The Labute approximate surface area is 216 Å². The van der Waals surface area contributed by atoms with Crippen LogP contribution in [0.25, 0.3) is 0 Å². The summed E-state index contributed by atoms with van der Waals surface area (Å²) < 4.78 is 0. The number of carbonyl (C=O) groups is 3. The van der Waals surface area contributed by atoms with E-state index in [1.165, 1.54) is 5.56 Å². The number of hydrogen-bond donors (Lipinski definition) is 1. The van der Waals surface area contributed by atoms with Crippen molar-refractivity contribution in [3.05, 3.63) is 107 Å². The molecule has 2 aliphatic heterocycles. The van der Waals surface area contributed by atoms with E-state index < -0.39 is 11.3 Å². The zero-order valence-electron chi connectivity index (χ0n) is 20.1. The van der Waals surface area contributed by atoms with E-state index in [2.05, 4.69) is 17.4 Å². The van der Waals surface area contributed by atoms with Crippen LogP contribution in [0.4, 0.5) is 0 Å². The zero-order valence-corrected chi connectivity index (χ0v) is 21.0. The molecular weight excluding hydrogens is 468 g/mol. The van der Waals surface area contributed by atoms with Gasteiger partial charge in [0.15, 0.2) is 0 Å². The van der Waals surface area contributed by atoms with Crippen LogP contribution in [0.15, 0.2) is 84.9 Å². The summed E-state index contributed by atoms with van der Waals surface area (Å²) in [5.41, 5.74) is 3.83. The molecule has 1 saturated heterocycles. The second-order valence-corrected chi connectivity index (χ2v) is 10.6. The number of benzene rings is 3. The minimum atomic E-state index is -0.649. The van der Waals surface area contributed by atoms with Crippen LogP contribution in [0.3, 0.4) is 0 Å². The Morgan fingerprint density at radius 1 is 0.917 bits per heavy atom. The van der Waals surface area contributed by atoms with Crippen molar-refractivity contribution in [1.29, 1.82) is 0 Å². The molecular formula is C30H30N2O3S. The van der Waals surface area contributed by atoms with Crippen molar-refractivity contribution in [2.75, 3.05) is 6.54 Å². The Kier molecular flexibility index (Phi) is 7.52. The molecule has 2 heterocycles. The van der Waals surface area contributed by atoms with E-state index in [0.717, 1.165) is 42.2 Å². The minimum Gasteiger partial charge on any atom is -0.343 e. The Morgan fingerprint density at radius 2 is 1.61 bits per heavy atom. The van der Waals surface area contributed by atoms with Crippen LogP contribution in [0.1, 0.15) is 52.4 Å². The topological polar surface area (TPSA) is 66.5 Å². The van der Waals surface area contributed by atoms with Gasteiger partial charge in [0, 0.05) is 18.5 Å². The highest BCUT2D eigenvalue weighted by atomic mass is 32.2. The average Bonchev–Trinajstić information content (AvgIpc) is 3.04. The van der Waals surface area contributed by atoms with Gasteiger partial charge in [0.1, 0.15) is 6.04 Å². The van der Waals surface area contributed by atoms with Gasteiger partial charge in [-0.05, 0) is 42.4 Å². The summed E-state index contributed by atoms with van der Waals surface area (Å²) in [6.07, 6.45) is 3.88. The van der Waals surface area contributed by atoms with Gasteiger partial charge in [0.25, 0.3) is 0 Å².